The van der Waals surface area contributed by atoms with Gasteiger partial charge in [-0.25, -0.2) is 0 Å². The first-order chi connectivity index (χ1) is 7.78. The molecule has 0 bridgehead atoms. The molecule has 0 spiro atoms. The summed E-state index contributed by atoms with van der Waals surface area (Å²) in [4.78, 5) is 4.34. The van der Waals surface area contributed by atoms with Crippen molar-refractivity contribution in [1.82, 2.24) is 9.78 Å². The summed E-state index contributed by atoms with van der Waals surface area (Å²) in [6, 6.07) is 7.61. The van der Waals surface area contributed by atoms with E-state index in [4.69, 9.17) is 4.74 Å². The van der Waals surface area contributed by atoms with E-state index in [2.05, 4.69) is 10.1 Å². The van der Waals surface area contributed by atoms with Crippen LogP contribution in [0.15, 0.2) is 41.7 Å². The summed E-state index contributed by atoms with van der Waals surface area (Å²) >= 11 is 0. The first kappa shape index (κ1) is 10.4. The molecule has 0 saturated carbocycles. The monoisotopic (exact) mass is 215 g/mol. The van der Waals surface area contributed by atoms with E-state index in [1.54, 1.807) is 24.2 Å². The van der Waals surface area contributed by atoms with Crippen molar-refractivity contribution in [2.45, 2.75) is 0 Å². The topological polar surface area (TPSA) is 39.4 Å². The minimum atomic E-state index is 0.806. The molecule has 2 aromatic rings. The van der Waals surface area contributed by atoms with Crippen LogP contribution in [-0.4, -0.2) is 23.1 Å². The zero-order chi connectivity index (χ0) is 11.4. The van der Waals surface area contributed by atoms with Crippen LogP contribution in [0.1, 0.15) is 5.56 Å². The predicted octanol–water partition coefficient (Wildman–Crippen LogP) is 2.18. The summed E-state index contributed by atoms with van der Waals surface area (Å²) in [5.74, 6) is 0.806. The second-order valence-corrected chi connectivity index (χ2v) is 3.41. The van der Waals surface area contributed by atoms with Gasteiger partial charge in [0.2, 0.25) is 0 Å². The minimum absolute atomic E-state index is 0.806. The average Bonchev–Trinajstić information content (AvgIpc) is 2.73. The van der Waals surface area contributed by atoms with E-state index >= 15 is 0 Å². The number of aryl methyl sites for hydroxylation is 1. The van der Waals surface area contributed by atoms with E-state index in [1.807, 2.05) is 37.5 Å². The molecule has 1 aromatic carbocycles. The minimum Gasteiger partial charge on any atom is -0.497 e. The molecular formula is C12H13N3O. The van der Waals surface area contributed by atoms with Gasteiger partial charge in [0.15, 0.2) is 0 Å². The summed E-state index contributed by atoms with van der Waals surface area (Å²) in [6.45, 7) is 0. The fraction of sp³-hybridized carbons (Fsp3) is 0.167. The second kappa shape index (κ2) is 4.61. The Hall–Kier alpha value is -2.10. The molecule has 0 amide bonds. The maximum absolute atomic E-state index is 5.12. The van der Waals surface area contributed by atoms with Crippen LogP contribution in [0.25, 0.3) is 0 Å². The number of benzene rings is 1. The van der Waals surface area contributed by atoms with E-state index in [9.17, 15) is 0 Å². The fourth-order valence-electron chi connectivity index (χ4n) is 1.35. The van der Waals surface area contributed by atoms with E-state index in [-0.39, 0.29) is 0 Å². The second-order valence-electron chi connectivity index (χ2n) is 3.41. The quantitative estimate of drug-likeness (QED) is 0.736. The van der Waals surface area contributed by atoms with Gasteiger partial charge in [-0.1, -0.05) is 6.07 Å². The van der Waals surface area contributed by atoms with Crippen molar-refractivity contribution in [1.29, 1.82) is 0 Å². The van der Waals surface area contributed by atoms with Crippen molar-refractivity contribution < 1.29 is 4.74 Å². The molecule has 2 rings (SSSR count). The van der Waals surface area contributed by atoms with Gasteiger partial charge in [-0.05, 0) is 12.1 Å². The van der Waals surface area contributed by atoms with Crippen molar-refractivity contribution in [3.05, 3.63) is 42.2 Å². The molecule has 0 unspecified atom stereocenters. The standard InChI is InChI=1S/C12H13N3O/c1-15-9-10(8-14-15)7-13-11-4-3-5-12(6-11)16-2/h3-9H,1-2H3. The van der Waals surface area contributed by atoms with Crippen molar-refractivity contribution in [3.63, 3.8) is 0 Å². The zero-order valence-electron chi connectivity index (χ0n) is 9.29. The lowest BCUT2D eigenvalue weighted by molar-refractivity contribution is 0.415. The molecule has 4 heteroatoms. The molecule has 0 fully saturated rings. The highest BCUT2D eigenvalue weighted by Gasteiger charge is 1.94. The largest absolute Gasteiger partial charge is 0.497 e. The van der Waals surface area contributed by atoms with E-state index in [1.165, 1.54) is 0 Å². The average molecular weight is 215 g/mol. The van der Waals surface area contributed by atoms with Gasteiger partial charge in [0.05, 0.1) is 19.0 Å². The number of aromatic nitrogens is 2. The highest BCUT2D eigenvalue weighted by Crippen LogP contribution is 2.19. The van der Waals surface area contributed by atoms with Gasteiger partial charge in [-0.15, -0.1) is 0 Å². The predicted molar refractivity (Wildman–Crippen MR) is 63.5 cm³/mol. The summed E-state index contributed by atoms with van der Waals surface area (Å²) in [6.07, 6.45) is 5.45. The third kappa shape index (κ3) is 2.48. The van der Waals surface area contributed by atoms with Gasteiger partial charge >= 0.3 is 0 Å². The van der Waals surface area contributed by atoms with Gasteiger partial charge in [0.25, 0.3) is 0 Å². The van der Waals surface area contributed by atoms with Crippen molar-refractivity contribution in [2.75, 3.05) is 7.11 Å². The molecule has 0 aliphatic heterocycles. The van der Waals surface area contributed by atoms with E-state index in [0.29, 0.717) is 0 Å². The first-order valence-corrected chi connectivity index (χ1v) is 4.95. The number of hydrogen-bond acceptors (Lipinski definition) is 3. The van der Waals surface area contributed by atoms with E-state index < -0.39 is 0 Å². The number of aliphatic imine (C=N–C) groups is 1. The number of rotatable bonds is 3. The first-order valence-electron chi connectivity index (χ1n) is 4.95. The number of nitrogens with zero attached hydrogens (tertiary/aromatic N) is 3. The molecule has 1 heterocycles. The zero-order valence-corrected chi connectivity index (χ0v) is 9.29. The van der Waals surface area contributed by atoms with Crippen molar-refractivity contribution in [3.8, 4) is 5.75 Å². The summed E-state index contributed by atoms with van der Waals surface area (Å²) in [5.41, 5.74) is 1.84. The Bertz CT molecular complexity index is 502. The van der Waals surface area contributed by atoms with Gasteiger partial charge in [-0.2, -0.15) is 5.10 Å². The molecule has 0 atom stereocenters. The van der Waals surface area contributed by atoms with Crippen LogP contribution in [0.5, 0.6) is 5.75 Å². The molecule has 0 radical (unpaired) electrons. The lowest BCUT2D eigenvalue weighted by atomic mass is 10.3. The van der Waals surface area contributed by atoms with Crippen LogP contribution in [0.2, 0.25) is 0 Å². The number of hydrogen-bond donors (Lipinski definition) is 0. The van der Waals surface area contributed by atoms with Crippen LogP contribution in [0, 0.1) is 0 Å². The molecule has 4 nitrogen and oxygen atoms in total. The number of ether oxygens (including phenoxy) is 1. The Labute approximate surface area is 94.2 Å². The third-order valence-corrected chi connectivity index (χ3v) is 2.14. The highest BCUT2D eigenvalue weighted by molar-refractivity contribution is 5.81. The summed E-state index contributed by atoms with van der Waals surface area (Å²) < 4.78 is 6.86. The Kier molecular flexibility index (Phi) is 3.00. The van der Waals surface area contributed by atoms with Crippen molar-refractivity contribution >= 4 is 11.9 Å². The lowest BCUT2D eigenvalue weighted by Gasteiger charge is -1.99. The van der Waals surface area contributed by atoms with Gasteiger partial charge in [-0.3, -0.25) is 9.67 Å². The third-order valence-electron chi connectivity index (χ3n) is 2.14. The molecule has 1 aromatic heterocycles. The summed E-state index contributed by atoms with van der Waals surface area (Å²) in [5, 5.41) is 4.06. The molecular weight excluding hydrogens is 202 g/mol. The SMILES string of the molecule is COc1cccc(N=Cc2cnn(C)c2)c1. The van der Waals surface area contributed by atoms with Crippen molar-refractivity contribution in [2.24, 2.45) is 12.0 Å². The van der Waals surface area contributed by atoms with E-state index in [0.717, 1.165) is 17.0 Å². The molecule has 16 heavy (non-hydrogen) atoms. The molecule has 82 valence electrons. The highest BCUT2D eigenvalue weighted by atomic mass is 16.5. The Morgan fingerprint density at radius 1 is 1.44 bits per heavy atom. The van der Waals surface area contributed by atoms with Crippen LogP contribution in [0.3, 0.4) is 0 Å². The molecule has 0 N–H and O–H groups in total. The van der Waals surface area contributed by atoms with Crippen LogP contribution >= 0.6 is 0 Å². The smallest absolute Gasteiger partial charge is 0.121 e. The Balaban J connectivity index is 2.16. The molecule has 0 aliphatic carbocycles. The van der Waals surface area contributed by atoms with Crippen LogP contribution < -0.4 is 4.74 Å². The lowest BCUT2D eigenvalue weighted by Crippen LogP contribution is -1.84. The number of methoxy groups -OCH3 is 1. The molecule has 0 saturated heterocycles. The molecule has 0 aliphatic rings. The van der Waals surface area contributed by atoms with Gasteiger partial charge in [0, 0.05) is 31.1 Å². The van der Waals surface area contributed by atoms with Gasteiger partial charge in [0.1, 0.15) is 5.75 Å². The Morgan fingerprint density at radius 2 is 2.31 bits per heavy atom. The maximum atomic E-state index is 5.12. The van der Waals surface area contributed by atoms with Crippen LogP contribution in [-0.2, 0) is 7.05 Å². The summed E-state index contributed by atoms with van der Waals surface area (Å²) in [7, 11) is 3.52. The Morgan fingerprint density at radius 3 is 3.00 bits per heavy atom. The maximum Gasteiger partial charge on any atom is 0.121 e. The van der Waals surface area contributed by atoms with Crippen LogP contribution in [0.4, 0.5) is 5.69 Å². The normalized spacial score (nSPS) is 10.9. The fourth-order valence-corrected chi connectivity index (χ4v) is 1.35. The van der Waals surface area contributed by atoms with Gasteiger partial charge < -0.3 is 4.74 Å².